The first-order chi connectivity index (χ1) is 21.2. The number of nitrogens with zero attached hydrogens (tertiary/aromatic N) is 7. The van der Waals surface area contributed by atoms with Gasteiger partial charge in [0.15, 0.2) is 5.69 Å². The van der Waals surface area contributed by atoms with Crippen LogP contribution in [0.4, 0.5) is 22.0 Å². The molecule has 3 aromatic heterocycles. The van der Waals surface area contributed by atoms with Crippen LogP contribution in [-0.2, 0) is 4.79 Å². The summed E-state index contributed by atoms with van der Waals surface area (Å²) in [6.45, 7) is 1.36. The van der Waals surface area contributed by atoms with E-state index in [9.17, 15) is 36.6 Å². The molecule has 45 heavy (non-hydrogen) atoms. The topological polar surface area (TPSA) is 152 Å². The average molecular weight is 639 g/mol. The molecular formula is C28H31F5N8O4. The van der Waals surface area contributed by atoms with Crippen LogP contribution < -0.4 is 5.32 Å². The molecule has 242 valence electrons. The second-order valence-corrected chi connectivity index (χ2v) is 13.3. The molecule has 1 saturated heterocycles. The van der Waals surface area contributed by atoms with Crippen molar-refractivity contribution in [3.63, 3.8) is 0 Å². The van der Waals surface area contributed by atoms with Crippen molar-refractivity contribution in [2.75, 3.05) is 6.54 Å². The number of aliphatic hydroxyl groups is 1. The highest BCUT2D eigenvalue weighted by molar-refractivity contribution is 5.93. The number of amides is 2. The molecule has 0 spiro atoms. The van der Waals surface area contributed by atoms with Crippen molar-refractivity contribution < 1.29 is 41.3 Å². The summed E-state index contributed by atoms with van der Waals surface area (Å²) < 4.78 is 76.1. The minimum absolute atomic E-state index is 0.00829. The van der Waals surface area contributed by atoms with Crippen LogP contribution in [-0.4, -0.2) is 81.9 Å². The highest BCUT2D eigenvalue weighted by atomic mass is 19.3. The van der Waals surface area contributed by atoms with E-state index in [0.29, 0.717) is 0 Å². The molecule has 1 aliphatic heterocycles. The Labute approximate surface area is 252 Å². The Morgan fingerprint density at radius 1 is 1.09 bits per heavy atom. The summed E-state index contributed by atoms with van der Waals surface area (Å²) >= 11 is 0. The largest absolute Gasteiger partial charge is 0.384 e. The first kappa shape index (κ1) is 29.9. The minimum atomic E-state index is -3.08. The molecule has 2 amide bonds. The SMILES string of the molecule is Cc1nonc1C(=O)N[C@H](c1cn2ncc([C@H]3C[C@@](O)(C(F)F)CCN3C(=O)C34CC(F)(C3)C4)nc2n1)C1CCC(F)(F)CC1. The first-order valence-electron chi connectivity index (χ1n) is 14.9. The molecule has 3 aromatic rings. The number of halogens is 5. The number of aryl methyl sites for hydroxylation is 1. The van der Waals surface area contributed by atoms with E-state index < -0.39 is 59.4 Å². The fourth-order valence-corrected chi connectivity index (χ4v) is 7.51. The van der Waals surface area contributed by atoms with Crippen LogP contribution in [0.25, 0.3) is 5.78 Å². The average Bonchev–Trinajstić information content (AvgIpc) is 3.59. The Kier molecular flexibility index (Phi) is 6.73. The maximum Gasteiger partial charge on any atom is 0.276 e. The van der Waals surface area contributed by atoms with Crippen LogP contribution in [0.2, 0.25) is 0 Å². The quantitative estimate of drug-likeness (QED) is 0.370. The maximum absolute atomic E-state index is 14.3. The standard InChI is InChI=1S/C28H31F5N8O4/c1-14-19(39-45-38-14)21(42)37-20(15-2-4-28(32,33)5-3-15)17-10-41-24(36-17)35-16(9-34-41)18-8-27(44,22(29)30)6-7-40(18)23(43)25-11-26(31,12-25)13-25/h9-10,15,18,20,22,44H,2-8,11-13H2,1H3,(H,37,42)/t18-,20+,25?,26?,27-/m1/s1. The zero-order valence-corrected chi connectivity index (χ0v) is 24.2. The summed E-state index contributed by atoms with van der Waals surface area (Å²) in [5, 5.41) is 25.1. The zero-order valence-electron chi connectivity index (χ0n) is 24.2. The van der Waals surface area contributed by atoms with Crippen LogP contribution in [0, 0.1) is 18.3 Å². The third-order valence-electron chi connectivity index (χ3n) is 10.1. The van der Waals surface area contributed by atoms with E-state index >= 15 is 0 Å². The third-order valence-corrected chi connectivity index (χ3v) is 10.1. The summed E-state index contributed by atoms with van der Waals surface area (Å²) in [6, 6.07) is -1.92. The number of carbonyl (C=O) groups is 2. The van der Waals surface area contributed by atoms with Crippen LogP contribution >= 0.6 is 0 Å². The highest BCUT2D eigenvalue weighted by Crippen LogP contribution is 2.70. The molecule has 8 rings (SSSR count). The number of piperidine rings is 1. The van der Waals surface area contributed by atoms with Gasteiger partial charge in [0.2, 0.25) is 11.8 Å². The van der Waals surface area contributed by atoms with E-state index in [1.165, 1.54) is 28.7 Å². The number of alkyl halides is 5. The highest BCUT2D eigenvalue weighted by Gasteiger charge is 2.74. The van der Waals surface area contributed by atoms with E-state index in [1.54, 1.807) is 0 Å². The Hall–Kier alpha value is -3.76. The van der Waals surface area contributed by atoms with Crippen molar-refractivity contribution >= 4 is 17.6 Å². The summed E-state index contributed by atoms with van der Waals surface area (Å²) in [5.41, 5.74) is -4.05. The molecule has 4 saturated carbocycles. The van der Waals surface area contributed by atoms with Crippen molar-refractivity contribution in [1.29, 1.82) is 0 Å². The van der Waals surface area contributed by atoms with E-state index in [1.807, 2.05) is 0 Å². The van der Waals surface area contributed by atoms with Gasteiger partial charge in [-0.3, -0.25) is 9.59 Å². The van der Waals surface area contributed by atoms with E-state index in [2.05, 4.69) is 35.3 Å². The van der Waals surface area contributed by atoms with Gasteiger partial charge in [0.1, 0.15) is 17.0 Å². The molecule has 2 bridgehead atoms. The van der Waals surface area contributed by atoms with Gasteiger partial charge >= 0.3 is 0 Å². The zero-order chi connectivity index (χ0) is 31.9. The van der Waals surface area contributed by atoms with Crippen molar-refractivity contribution in [3.8, 4) is 0 Å². The number of nitrogens with one attached hydrogen (secondary N) is 1. The maximum atomic E-state index is 14.3. The number of hydrogen-bond donors (Lipinski definition) is 2. The number of imidazole rings is 1. The number of aromatic nitrogens is 6. The van der Waals surface area contributed by atoms with Gasteiger partial charge in [-0.2, -0.15) is 5.10 Å². The van der Waals surface area contributed by atoms with Gasteiger partial charge in [0.05, 0.1) is 41.3 Å². The molecule has 5 fully saturated rings. The van der Waals surface area contributed by atoms with E-state index in [-0.39, 0.29) is 92.4 Å². The van der Waals surface area contributed by atoms with Gasteiger partial charge in [0, 0.05) is 25.8 Å². The Bertz CT molecular complexity index is 1630. The molecule has 17 heteroatoms. The monoisotopic (exact) mass is 638 g/mol. The molecule has 3 atom stereocenters. The van der Waals surface area contributed by atoms with Crippen LogP contribution in [0.15, 0.2) is 17.0 Å². The predicted molar refractivity (Wildman–Crippen MR) is 142 cm³/mol. The van der Waals surface area contributed by atoms with Crippen LogP contribution in [0.5, 0.6) is 0 Å². The second kappa shape index (κ2) is 10.1. The molecule has 2 N–H and O–H groups in total. The molecule has 4 heterocycles. The lowest BCUT2D eigenvalue weighted by molar-refractivity contribution is -0.228. The van der Waals surface area contributed by atoms with Crippen LogP contribution in [0.1, 0.15) is 97.4 Å². The number of likely N-dealkylation sites (tertiary alicyclic amines) is 1. The summed E-state index contributed by atoms with van der Waals surface area (Å²) in [4.78, 5) is 37.1. The number of carbonyl (C=O) groups excluding carboxylic acids is 2. The van der Waals surface area contributed by atoms with Crippen molar-refractivity contribution in [3.05, 3.63) is 35.2 Å². The van der Waals surface area contributed by atoms with Gasteiger partial charge in [-0.25, -0.2) is 41.1 Å². The predicted octanol–water partition coefficient (Wildman–Crippen LogP) is 3.66. The smallest absolute Gasteiger partial charge is 0.276 e. The summed E-state index contributed by atoms with van der Waals surface area (Å²) in [5.74, 6) is -4.22. The van der Waals surface area contributed by atoms with Crippen molar-refractivity contribution in [2.45, 2.75) is 100 Å². The Balaban J connectivity index is 1.20. The number of fused-ring (bicyclic) bond motifs is 1. The molecule has 0 radical (unpaired) electrons. The van der Waals surface area contributed by atoms with E-state index in [0.717, 1.165) is 0 Å². The number of rotatable bonds is 7. The second-order valence-electron chi connectivity index (χ2n) is 13.3. The normalized spacial score (nSPS) is 31.8. The molecule has 5 aliphatic rings. The summed E-state index contributed by atoms with van der Waals surface area (Å²) in [7, 11) is 0. The molecular weight excluding hydrogens is 607 g/mol. The first-order valence-corrected chi connectivity index (χ1v) is 14.9. The summed E-state index contributed by atoms with van der Waals surface area (Å²) in [6.07, 6.45) is -1.45. The minimum Gasteiger partial charge on any atom is -0.384 e. The van der Waals surface area contributed by atoms with Gasteiger partial charge in [-0.1, -0.05) is 5.16 Å². The lowest BCUT2D eigenvalue weighted by atomic mass is 9.41. The molecule has 12 nitrogen and oxygen atoms in total. The van der Waals surface area contributed by atoms with Crippen molar-refractivity contribution in [1.82, 2.24) is 40.1 Å². The molecule has 0 unspecified atom stereocenters. The Morgan fingerprint density at radius 2 is 1.80 bits per heavy atom. The number of hydrogen-bond acceptors (Lipinski definition) is 9. The van der Waals surface area contributed by atoms with Gasteiger partial charge in [0.25, 0.3) is 18.1 Å². The molecule has 0 aromatic carbocycles. The van der Waals surface area contributed by atoms with Crippen LogP contribution in [0.3, 0.4) is 0 Å². The third kappa shape index (κ3) is 5.02. The van der Waals surface area contributed by atoms with Gasteiger partial charge in [-0.15, -0.1) is 0 Å². The van der Waals surface area contributed by atoms with Crippen molar-refractivity contribution in [2.24, 2.45) is 11.3 Å². The van der Waals surface area contributed by atoms with Gasteiger partial charge in [-0.05, 0) is 56.5 Å². The Morgan fingerprint density at radius 3 is 2.42 bits per heavy atom. The van der Waals surface area contributed by atoms with Gasteiger partial charge < -0.3 is 15.3 Å². The lowest BCUT2D eigenvalue weighted by Gasteiger charge is -2.65. The molecule has 4 aliphatic carbocycles. The van der Waals surface area contributed by atoms with E-state index in [4.69, 9.17) is 0 Å². The fraction of sp³-hybridized carbons (Fsp3) is 0.679. The fourth-order valence-electron chi connectivity index (χ4n) is 7.51. The lowest BCUT2D eigenvalue weighted by Crippen LogP contribution is -2.71.